The summed E-state index contributed by atoms with van der Waals surface area (Å²) >= 11 is 0. The molecular weight excluding hydrogens is 233 g/mol. The highest BCUT2D eigenvalue weighted by molar-refractivity contribution is 5.21. The van der Waals surface area contributed by atoms with Crippen molar-refractivity contribution in [1.29, 1.82) is 0 Å². The molecule has 0 bridgehead atoms. The number of hydrogen-bond acceptors (Lipinski definition) is 3. The van der Waals surface area contributed by atoms with E-state index in [9.17, 15) is 9.50 Å². The van der Waals surface area contributed by atoms with E-state index in [0.717, 1.165) is 6.42 Å². The summed E-state index contributed by atoms with van der Waals surface area (Å²) in [5.74, 6) is -0.202. The Labute approximate surface area is 107 Å². The van der Waals surface area contributed by atoms with Gasteiger partial charge in [-0.2, -0.15) is 0 Å². The number of nitrogens with one attached hydrogen (secondary N) is 1. The SMILES string of the molecule is CCC(NCC1(O)CCOC1)c1ccccc1F. The number of rotatable bonds is 5. The summed E-state index contributed by atoms with van der Waals surface area (Å²) in [6, 6.07) is 6.69. The molecule has 1 aromatic carbocycles. The highest BCUT2D eigenvalue weighted by atomic mass is 19.1. The summed E-state index contributed by atoms with van der Waals surface area (Å²) in [7, 11) is 0. The summed E-state index contributed by atoms with van der Waals surface area (Å²) in [5, 5.41) is 13.4. The van der Waals surface area contributed by atoms with Crippen LogP contribution in [0, 0.1) is 5.82 Å². The van der Waals surface area contributed by atoms with Crippen LogP contribution in [0.3, 0.4) is 0 Å². The van der Waals surface area contributed by atoms with Crippen molar-refractivity contribution in [2.75, 3.05) is 19.8 Å². The van der Waals surface area contributed by atoms with Gasteiger partial charge < -0.3 is 15.2 Å². The average Bonchev–Trinajstić information content (AvgIpc) is 2.79. The molecule has 1 aliphatic heterocycles. The first-order valence-corrected chi connectivity index (χ1v) is 6.42. The number of halogens is 1. The molecule has 0 radical (unpaired) electrons. The molecule has 0 saturated carbocycles. The second-order valence-electron chi connectivity index (χ2n) is 4.89. The van der Waals surface area contributed by atoms with Gasteiger partial charge in [0, 0.05) is 31.2 Å². The van der Waals surface area contributed by atoms with E-state index in [0.29, 0.717) is 31.7 Å². The van der Waals surface area contributed by atoms with Gasteiger partial charge >= 0.3 is 0 Å². The fourth-order valence-electron chi connectivity index (χ4n) is 2.28. The zero-order chi connectivity index (χ0) is 13.0. The normalized spacial score (nSPS) is 25.3. The molecule has 18 heavy (non-hydrogen) atoms. The smallest absolute Gasteiger partial charge is 0.127 e. The van der Waals surface area contributed by atoms with E-state index >= 15 is 0 Å². The second-order valence-corrected chi connectivity index (χ2v) is 4.89. The molecule has 0 aliphatic carbocycles. The molecular formula is C14H20FNO2. The fraction of sp³-hybridized carbons (Fsp3) is 0.571. The van der Waals surface area contributed by atoms with Gasteiger partial charge in [0.1, 0.15) is 11.4 Å². The molecule has 2 unspecified atom stereocenters. The van der Waals surface area contributed by atoms with Gasteiger partial charge in [0.15, 0.2) is 0 Å². The van der Waals surface area contributed by atoms with Gasteiger partial charge in [-0.05, 0) is 12.5 Å². The summed E-state index contributed by atoms with van der Waals surface area (Å²) in [4.78, 5) is 0. The van der Waals surface area contributed by atoms with Gasteiger partial charge in [-0.1, -0.05) is 25.1 Å². The molecule has 2 N–H and O–H groups in total. The van der Waals surface area contributed by atoms with Gasteiger partial charge in [-0.3, -0.25) is 0 Å². The summed E-state index contributed by atoms with van der Waals surface area (Å²) < 4.78 is 18.9. The molecule has 0 spiro atoms. The van der Waals surface area contributed by atoms with E-state index in [-0.39, 0.29) is 11.9 Å². The second kappa shape index (κ2) is 5.78. The van der Waals surface area contributed by atoms with Crippen molar-refractivity contribution >= 4 is 0 Å². The lowest BCUT2D eigenvalue weighted by molar-refractivity contribution is 0.0245. The minimum Gasteiger partial charge on any atom is -0.386 e. The van der Waals surface area contributed by atoms with Gasteiger partial charge in [-0.25, -0.2) is 4.39 Å². The Kier molecular flexibility index (Phi) is 4.32. The Hall–Kier alpha value is -0.970. The van der Waals surface area contributed by atoms with Crippen LogP contribution in [-0.4, -0.2) is 30.5 Å². The molecule has 0 amide bonds. The molecule has 1 saturated heterocycles. The molecule has 3 nitrogen and oxygen atoms in total. The maximum Gasteiger partial charge on any atom is 0.127 e. The standard InChI is InChI=1S/C14H20FNO2/c1-2-13(11-5-3-4-6-12(11)15)16-9-14(17)7-8-18-10-14/h3-6,13,16-17H,2,7-10H2,1H3. The van der Waals surface area contributed by atoms with Crippen LogP contribution in [-0.2, 0) is 4.74 Å². The third kappa shape index (κ3) is 3.07. The molecule has 4 heteroatoms. The largest absolute Gasteiger partial charge is 0.386 e. The molecule has 0 aromatic heterocycles. The van der Waals surface area contributed by atoms with E-state index in [2.05, 4.69) is 5.32 Å². The number of aliphatic hydroxyl groups is 1. The highest BCUT2D eigenvalue weighted by Crippen LogP contribution is 2.22. The third-order valence-electron chi connectivity index (χ3n) is 3.45. The van der Waals surface area contributed by atoms with Gasteiger partial charge in [0.05, 0.1) is 6.61 Å². The van der Waals surface area contributed by atoms with Crippen molar-refractivity contribution in [3.8, 4) is 0 Å². The number of ether oxygens (including phenoxy) is 1. The van der Waals surface area contributed by atoms with Crippen LogP contribution in [0.1, 0.15) is 31.4 Å². The van der Waals surface area contributed by atoms with Crippen molar-refractivity contribution < 1.29 is 14.2 Å². The van der Waals surface area contributed by atoms with Crippen molar-refractivity contribution in [2.45, 2.75) is 31.4 Å². The number of benzene rings is 1. The molecule has 1 aromatic rings. The molecule has 2 rings (SSSR count). The fourth-order valence-corrected chi connectivity index (χ4v) is 2.28. The Morgan fingerprint density at radius 1 is 1.50 bits per heavy atom. The van der Waals surface area contributed by atoms with Gasteiger partial charge in [-0.15, -0.1) is 0 Å². The zero-order valence-corrected chi connectivity index (χ0v) is 10.7. The predicted octanol–water partition coefficient (Wildman–Crippen LogP) is 2.02. The maximum atomic E-state index is 13.7. The lowest BCUT2D eigenvalue weighted by Gasteiger charge is -2.25. The predicted molar refractivity (Wildman–Crippen MR) is 67.8 cm³/mol. The average molecular weight is 253 g/mol. The summed E-state index contributed by atoms with van der Waals surface area (Å²) in [6.07, 6.45) is 1.41. The van der Waals surface area contributed by atoms with Crippen molar-refractivity contribution in [1.82, 2.24) is 5.32 Å². The first-order chi connectivity index (χ1) is 8.64. The molecule has 1 heterocycles. The third-order valence-corrected chi connectivity index (χ3v) is 3.45. The molecule has 2 atom stereocenters. The molecule has 100 valence electrons. The topological polar surface area (TPSA) is 41.5 Å². The molecule has 1 fully saturated rings. The van der Waals surface area contributed by atoms with E-state index in [4.69, 9.17) is 4.74 Å². The van der Waals surface area contributed by atoms with Crippen LogP contribution >= 0.6 is 0 Å². The maximum absolute atomic E-state index is 13.7. The summed E-state index contributed by atoms with van der Waals surface area (Å²) in [5.41, 5.74) is -0.152. The lowest BCUT2D eigenvalue weighted by atomic mass is 10.00. The van der Waals surface area contributed by atoms with Crippen molar-refractivity contribution in [3.05, 3.63) is 35.6 Å². The Morgan fingerprint density at radius 3 is 2.89 bits per heavy atom. The first-order valence-electron chi connectivity index (χ1n) is 6.42. The van der Waals surface area contributed by atoms with E-state index in [1.807, 2.05) is 13.0 Å². The Morgan fingerprint density at radius 2 is 2.28 bits per heavy atom. The van der Waals surface area contributed by atoms with Crippen molar-refractivity contribution in [2.24, 2.45) is 0 Å². The quantitative estimate of drug-likeness (QED) is 0.843. The van der Waals surface area contributed by atoms with E-state index in [1.165, 1.54) is 6.07 Å². The lowest BCUT2D eigenvalue weighted by Crippen LogP contribution is -2.42. The van der Waals surface area contributed by atoms with E-state index in [1.54, 1.807) is 12.1 Å². The first kappa shape index (κ1) is 13.5. The van der Waals surface area contributed by atoms with Crippen LogP contribution < -0.4 is 5.32 Å². The minimum atomic E-state index is -0.807. The highest BCUT2D eigenvalue weighted by Gasteiger charge is 2.32. The molecule has 1 aliphatic rings. The minimum absolute atomic E-state index is 0.0733. The van der Waals surface area contributed by atoms with Gasteiger partial charge in [0.2, 0.25) is 0 Å². The summed E-state index contributed by atoms with van der Waals surface area (Å²) in [6.45, 7) is 3.38. The van der Waals surface area contributed by atoms with Crippen LogP contribution in [0.15, 0.2) is 24.3 Å². The number of hydrogen-bond donors (Lipinski definition) is 2. The van der Waals surface area contributed by atoms with E-state index < -0.39 is 5.60 Å². The van der Waals surface area contributed by atoms with Crippen LogP contribution in [0.2, 0.25) is 0 Å². The van der Waals surface area contributed by atoms with Crippen LogP contribution in [0.25, 0.3) is 0 Å². The zero-order valence-electron chi connectivity index (χ0n) is 10.7. The van der Waals surface area contributed by atoms with Gasteiger partial charge in [0.25, 0.3) is 0 Å². The van der Waals surface area contributed by atoms with Crippen LogP contribution in [0.5, 0.6) is 0 Å². The van der Waals surface area contributed by atoms with Crippen molar-refractivity contribution in [3.63, 3.8) is 0 Å². The monoisotopic (exact) mass is 253 g/mol. The van der Waals surface area contributed by atoms with Crippen LogP contribution in [0.4, 0.5) is 4.39 Å². The Balaban J connectivity index is 1.99. The Bertz CT molecular complexity index is 391.